The first-order valence-corrected chi connectivity index (χ1v) is 6.67. The fourth-order valence-electron chi connectivity index (χ4n) is 2.68. The van der Waals surface area contributed by atoms with Gasteiger partial charge in [-0.2, -0.15) is 0 Å². The van der Waals surface area contributed by atoms with Gasteiger partial charge in [0.15, 0.2) is 5.82 Å². The summed E-state index contributed by atoms with van der Waals surface area (Å²) in [6, 6.07) is 0.627. The Kier molecular flexibility index (Phi) is 4.01. The summed E-state index contributed by atoms with van der Waals surface area (Å²) in [5.41, 5.74) is 5.91. The molecule has 1 aromatic heterocycles. The zero-order valence-corrected chi connectivity index (χ0v) is 11.2. The topological polar surface area (TPSA) is 64.2 Å². The van der Waals surface area contributed by atoms with E-state index in [1.165, 1.54) is 0 Å². The number of aryl methyl sites for hydroxylation is 1. The monoisotopic (exact) mass is 250 g/mol. The molecule has 5 nitrogen and oxygen atoms in total. The molecule has 0 saturated heterocycles. The molecule has 1 heterocycles. The summed E-state index contributed by atoms with van der Waals surface area (Å²) in [6.07, 6.45) is 7.50. The quantitative estimate of drug-likeness (QED) is 0.875. The first-order valence-electron chi connectivity index (χ1n) is 6.67. The highest BCUT2D eigenvalue weighted by molar-refractivity contribution is 5.91. The second-order valence-corrected chi connectivity index (χ2v) is 5.02. The van der Waals surface area contributed by atoms with E-state index in [1.807, 2.05) is 18.9 Å². The van der Waals surface area contributed by atoms with Crippen LogP contribution in [-0.4, -0.2) is 39.0 Å². The van der Waals surface area contributed by atoms with Crippen LogP contribution in [0.5, 0.6) is 0 Å². The van der Waals surface area contributed by atoms with E-state index in [1.54, 1.807) is 17.0 Å². The first kappa shape index (κ1) is 13.1. The SMILES string of the molecule is CCN(C(=O)c1nccn1C)C1CCC(N)CC1. The second kappa shape index (κ2) is 5.52. The number of imidazole rings is 1. The number of rotatable bonds is 3. The van der Waals surface area contributed by atoms with Crippen LogP contribution in [0.25, 0.3) is 0 Å². The van der Waals surface area contributed by atoms with Crippen LogP contribution in [0, 0.1) is 0 Å². The van der Waals surface area contributed by atoms with Crippen LogP contribution < -0.4 is 5.73 Å². The lowest BCUT2D eigenvalue weighted by molar-refractivity contribution is 0.0624. The average Bonchev–Trinajstić information content (AvgIpc) is 2.78. The van der Waals surface area contributed by atoms with E-state index in [9.17, 15) is 4.79 Å². The minimum Gasteiger partial charge on any atom is -0.333 e. The standard InChI is InChI=1S/C13H22N4O/c1-3-17(11-6-4-10(14)5-7-11)13(18)12-15-8-9-16(12)2/h8-11H,3-7,14H2,1-2H3. The third kappa shape index (κ3) is 2.56. The van der Waals surface area contributed by atoms with Crippen LogP contribution in [0.1, 0.15) is 43.2 Å². The Labute approximate surface area is 108 Å². The highest BCUT2D eigenvalue weighted by Gasteiger charge is 2.28. The summed E-state index contributed by atoms with van der Waals surface area (Å²) in [7, 11) is 1.85. The lowest BCUT2D eigenvalue weighted by Gasteiger charge is -2.35. The van der Waals surface area contributed by atoms with Crippen LogP contribution >= 0.6 is 0 Å². The van der Waals surface area contributed by atoms with Crippen molar-refractivity contribution in [3.8, 4) is 0 Å². The van der Waals surface area contributed by atoms with Gasteiger partial charge in [0.2, 0.25) is 0 Å². The lowest BCUT2D eigenvalue weighted by Crippen LogP contribution is -2.44. The highest BCUT2D eigenvalue weighted by Crippen LogP contribution is 2.23. The predicted molar refractivity (Wildman–Crippen MR) is 70.1 cm³/mol. The summed E-state index contributed by atoms with van der Waals surface area (Å²) in [4.78, 5) is 18.5. The number of carbonyl (C=O) groups excluding carboxylic acids is 1. The molecule has 0 atom stereocenters. The van der Waals surface area contributed by atoms with Gasteiger partial charge in [0.25, 0.3) is 5.91 Å². The van der Waals surface area contributed by atoms with Crippen LogP contribution in [0.4, 0.5) is 0 Å². The van der Waals surface area contributed by atoms with Crippen molar-refractivity contribution in [3.63, 3.8) is 0 Å². The molecule has 0 radical (unpaired) electrons. The van der Waals surface area contributed by atoms with E-state index < -0.39 is 0 Å². The Hall–Kier alpha value is -1.36. The van der Waals surface area contributed by atoms with Gasteiger partial charge in [0.05, 0.1) is 0 Å². The van der Waals surface area contributed by atoms with Gasteiger partial charge in [0.1, 0.15) is 0 Å². The number of amides is 1. The van der Waals surface area contributed by atoms with Gasteiger partial charge in [-0.1, -0.05) is 0 Å². The Morgan fingerprint density at radius 2 is 2.17 bits per heavy atom. The minimum absolute atomic E-state index is 0.0328. The Morgan fingerprint density at radius 3 is 2.67 bits per heavy atom. The molecule has 0 bridgehead atoms. The van der Waals surface area contributed by atoms with Crippen molar-refractivity contribution >= 4 is 5.91 Å². The highest BCUT2D eigenvalue weighted by atomic mass is 16.2. The van der Waals surface area contributed by atoms with Crippen molar-refractivity contribution in [1.82, 2.24) is 14.5 Å². The maximum atomic E-state index is 12.4. The molecule has 1 aliphatic carbocycles. The molecule has 0 spiro atoms. The number of aromatic nitrogens is 2. The summed E-state index contributed by atoms with van der Waals surface area (Å²) >= 11 is 0. The molecule has 1 saturated carbocycles. The number of hydrogen-bond donors (Lipinski definition) is 1. The maximum Gasteiger partial charge on any atom is 0.290 e. The molecular formula is C13H22N4O. The Balaban J connectivity index is 2.09. The zero-order chi connectivity index (χ0) is 13.1. The van der Waals surface area contributed by atoms with Crippen LogP contribution in [0.2, 0.25) is 0 Å². The van der Waals surface area contributed by atoms with Crippen molar-refractivity contribution in [1.29, 1.82) is 0 Å². The molecule has 1 fully saturated rings. The molecule has 0 aliphatic heterocycles. The minimum atomic E-state index is 0.0328. The van der Waals surface area contributed by atoms with Crippen LogP contribution in [-0.2, 0) is 7.05 Å². The van der Waals surface area contributed by atoms with Gasteiger partial charge in [-0.05, 0) is 32.6 Å². The van der Waals surface area contributed by atoms with E-state index in [0.717, 1.165) is 32.2 Å². The van der Waals surface area contributed by atoms with Gasteiger partial charge < -0.3 is 15.2 Å². The molecule has 0 aromatic carbocycles. The molecule has 18 heavy (non-hydrogen) atoms. The second-order valence-electron chi connectivity index (χ2n) is 5.02. The number of hydrogen-bond acceptors (Lipinski definition) is 3. The molecule has 2 N–H and O–H groups in total. The molecule has 0 unspecified atom stereocenters. The van der Waals surface area contributed by atoms with Crippen molar-refractivity contribution in [2.75, 3.05) is 6.54 Å². The van der Waals surface area contributed by atoms with Crippen LogP contribution in [0.15, 0.2) is 12.4 Å². The summed E-state index contributed by atoms with van der Waals surface area (Å²) in [6.45, 7) is 2.75. The summed E-state index contributed by atoms with van der Waals surface area (Å²) in [5.74, 6) is 0.553. The van der Waals surface area contributed by atoms with Crippen molar-refractivity contribution < 1.29 is 4.79 Å². The Morgan fingerprint density at radius 1 is 1.50 bits per heavy atom. The van der Waals surface area contributed by atoms with Gasteiger partial charge in [-0.15, -0.1) is 0 Å². The Bertz CT molecular complexity index is 407. The van der Waals surface area contributed by atoms with Crippen molar-refractivity contribution in [2.24, 2.45) is 12.8 Å². The van der Waals surface area contributed by atoms with E-state index in [4.69, 9.17) is 5.73 Å². The average molecular weight is 250 g/mol. The number of nitrogens with two attached hydrogens (primary N) is 1. The molecular weight excluding hydrogens is 228 g/mol. The maximum absolute atomic E-state index is 12.4. The molecule has 5 heteroatoms. The lowest BCUT2D eigenvalue weighted by atomic mass is 9.90. The van der Waals surface area contributed by atoms with E-state index in [2.05, 4.69) is 4.98 Å². The third-order valence-electron chi connectivity index (χ3n) is 3.80. The number of nitrogens with zero attached hydrogens (tertiary/aromatic N) is 3. The summed E-state index contributed by atoms with van der Waals surface area (Å²) in [5, 5.41) is 0. The fourth-order valence-corrected chi connectivity index (χ4v) is 2.68. The smallest absolute Gasteiger partial charge is 0.290 e. The molecule has 1 aromatic rings. The van der Waals surface area contributed by atoms with Crippen molar-refractivity contribution in [3.05, 3.63) is 18.2 Å². The van der Waals surface area contributed by atoms with Crippen molar-refractivity contribution in [2.45, 2.75) is 44.7 Å². The van der Waals surface area contributed by atoms with E-state index >= 15 is 0 Å². The zero-order valence-electron chi connectivity index (χ0n) is 11.2. The molecule has 2 rings (SSSR count). The first-order chi connectivity index (χ1) is 8.63. The van der Waals surface area contributed by atoms with Gasteiger partial charge >= 0.3 is 0 Å². The number of carbonyl (C=O) groups is 1. The fraction of sp³-hybridized carbons (Fsp3) is 0.692. The van der Waals surface area contributed by atoms with Crippen LogP contribution in [0.3, 0.4) is 0 Å². The van der Waals surface area contributed by atoms with E-state index in [0.29, 0.717) is 17.9 Å². The largest absolute Gasteiger partial charge is 0.333 e. The summed E-state index contributed by atoms with van der Waals surface area (Å²) < 4.78 is 1.78. The predicted octanol–water partition coefficient (Wildman–Crippen LogP) is 1.15. The molecule has 100 valence electrons. The van der Waals surface area contributed by atoms with Gasteiger partial charge in [0, 0.05) is 38.1 Å². The molecule has 1 amide bonds. The normalized spacial score (nSPS) is 23.9. The van der Waals surface area contributed by atoms with Gasteiger partial charge in [-0.25, -0.2) is 4.98 Å². The molecule has 1 aliphatic rings. The van der Waals surface area contributed by atoms with Gasteiger partial charge in [-0.3, -0.25) is 4.79 Å². The third-order valence-corrected chi connectivity index (χ3v) is 3.80. The van der Waals surface area contributed by atoms with E-state index in [-0.39, 0.29) is 5.91 Å².